The molecule has 3 aromatic rings. The van der Waals surface area contributed by atoms with E-state index in [1.807, 2.05) is 42.7 Å². The first-order valence-electron chi connectivity index (χ1n) is 8.60. The Hall–Kier alpha value is -3.21. The van der Waals surface area contributed by atoms with Gasteiger partial charge in [0.1, 0.15) is 5.35 Å². The van der Waals surface area contributed by atoms with Crippen LogP contribution in [0.3, 0.4) is 0 Å². The summed E-state index contributed by atoms with van der Waals surface area (Å²) < 4.78 is 2.07. The normalized spacial score (nSPS) is 13.2. The predicted molar refractivity (Wildman–Crippen MR) is 99.5 cm³/mol. The molecule has 0 radical (unpaired) electrons. The van der Waals surface area contributed by atoms with Gasteiger partial charge in [0, 0.05) is 6.54 Å². The molecular weight excluding hydrogens is 326 g/mol. The van der Waals surface area contributed by atoms with Gasteiger partial charge in [-0.1, -0.05) is 42.5 Å². The Morgan fingerprint density at radius 3 is 2.69 bits per heavy atom. The number of carboxylic acid groups (broad SMARTS) is 1. The first-order valence-corrected chi connectivity index (χ1v) is 8.60. The van der Waals surface area contributed by atoms with Gasteiger partial charge in [-0.05, 0) is 41.7 Å². The quantitative estimate of drug-likeness (QED) is 0.790. The summed E-state index contributed by atoms with van der Waals surface area (Å²) in [6.45, 7) is 3.62. The zero-order valence-corrected chi connectivity index (χ0v) is 14.5. The van der Waals surface area contributed by atoms with Crippen LogP contribution in [0.5, 0.6) is 0 Å². The molecule has 0 aliphatic carbocycles. The molecule has 0 spiro atoms. The lowest BCUT2D eigenvalue weighted by Gasteiger charge is -2.09. The highest BCUT2D eigenvalue weighted by atomic mass is 16.4. The largest absolute Gasteiger partial charge is 0.478 e. The molecule has 1 N–H and O–H groups in total. The number of carboxylic acids is 1. The Labute approximate surface area is 151 Å². The highest BCUT2D eigenvalue weighted by Gasteiger charge is 2.11. The van der Waals surface area contributed by atoms with Gasteiger partial charge in [0.15, 0.2) is 5.49 Å². The van der Waals surface area contributed by atoms with Gasteiger partial charge in [0.05, 0.1) is 18.4 Å². The lowest BCUT2D eigenvalue weighted by atomic mass is 9.99. The van der Waals surface area contributed by atoms with E-state index < -0.39 is 5.97 Å². The summed E-state index contributed by atoms with van der Waals surface area (Å²) in [7, 11) is 0. The molecule has 0 atom stereocenters. The van der Waals surface area contributed by atoms with Crippen LogP contribution in [0.25, 0.3) is 16.7 Å². The van der Waals surface area contributed by atoms with Crippen LogP contribution >= 0.6 is 0 Å². The minimum Gasteiger partial charge on any atom is -0.478 e. The Morgan fingerprint density at radius 1 is 1.15 bits per heavy atom. The van der Waals surface area contributed by atoms with Crippen molar-refractivity contribution in [2.45, 2.75) is 19.9 Å². The molecule has 0 amide bonds. The van der Waals surface area contributed by atoms with Crippen molar-refractivity contribution in [3.8, 4) is 11.1 Å². The molecule has 5 heteroatoms. The number of fused-ring (bicyclic) bond motifs is 1. The molecule has 4 rings (SSSR count). The molecule has 0 unspecified atom stereocenters. The van der Waals surface area contributed by atoms with Crippen molar-refractivity contribution < 1.29 is 9.90 Å². The fourth-order valence-electron chi connectivity index (χ4n) is 3.31. The van der Waals surface area contributed by atoms with Crippen molar-refractivity contribution in [2.24, 2.45) is 4.99 Å². The van der Waals surface area contributed by atoms with Gasteiger partial charge in [0.25, 0.3) is 0 Å². The summed E-state index contributed by atoms with van der Waals surface area (Å²) in [6.07, 6.45) is 2.82. The Morgan fingerprint density at radius 2 is 1.92 bits per heavy atom. The lowest BCUT2D eigenvalue weighted by molar-refractivity contribution is 0.0697. The Bertz CT molecular complexity index is 1100. The summed E-state index contributed by atoms with van der Waals surface area (Å²) in [4.78, 5) is 20.5. The van der Waals surface area contributed by atoms with E-state index >= 15 is 0 Å². The second-order valence-corrected chi connectivity index (χ2v) is 6.50. The molecule has 26 heavy (non-hydrogen) atoms. The van der Waals surface area contributed by atoms with Gasteiger partial charge in [-0.15, -0.1) is 0 Å². The van der Waals surface area contributed by atoms with Crippen LogP contribution in [-0.4, -0.2) is 27.2 Å². The number of hydrogen-bond donors (Lipinski definition) is 1. The molecule has 0 bridgehead atoms. The van der Waals surface area contributed by atoms with Crippen molar-refractivity contribution in [2.75, 3.05) is 6.54 Å². The van der Waals surface area contributed by atoms with Crippen molar-refractivity contribution in [3.63, 3.8) is 0 Å². The standard InChI is InChI=1S/C21H19N3O2/c1-14-10-11-22-20-19(14)23-13-24(20)12-15-6-8-16(9-7-15)17-4-2-3-5-18(17)21(25)26/h2-9,13H,10-12H2,1H3,(H,25,26). The number of rotatable bonds is 4. The minimum absolute atomic E-state index is 0.314. The predicted octanol–water partition coefficient (Wildman–Crippen LogP) is 2.49. The molecule has 5 nitrogen and oxygen atoms in total. The van der Waals surface area contributed by atoms with Crippen LogP contribution in [0.4, 0.5) is 0 Å². The Kier molecular flexibility index (Phi) is 4.13. The van der Waals surface area contributed by atoms with Crippen LogP contribution in [0.1, 0.15) is 29.3 Å². The monoisotopic (exact) mass is 345 g/mol. The van der Waals surface area contributed by atoms with Crippen LogP contribution in [-0.2, 0) is 6.54 Å². The number of benzene rings is 2. The molecule has 2 heterocycles. The summed E-state index contributed by atoms with van der Waals surface area (Å²) >= 11 is 0. The smallest absolute Gasteiger partial charge is 0.336 e. The third kappa shape index (κ3) is 2.92. The molecule has 2 aromatic carbocycles. The van der Waals surface area contributed by atoms with Crippen LogP contribution in [0.15, 0.2) is 59.9 Å². The summed E-state index contributed by atoms with van der Waals surface area (Å²) in [5.74, 6) is -0.914. The highest BCUT2D eigenvalue weighted by molar-refractivity contribution is 5.95. The molecular formula is C21H19N3O2. The zero-order chi connectivity index (χ0) is 18.1. The van der Waals surface area contributed by atoms with Gasteiger partial charge in [-0.25, -0.2) is 9.78 Å². The van der Waals surface area contributed by atoms with Gasteiger partial charge >= 0.3 is 5.97 Å². The van der Waals surface area contributed by atoms with E-state index in [0.717, 1.165) is 40.5 Å². The van der Waals surface area contributed by atoms with Crippen molar-refractivity contribution >= 4 is 11.5 Å². The summed E-state index contributed by atoms with van der Waals surface area (Å²) in [5, 5.41) is 10.4. The number of hydrogen-bond acceptors (Lipinski definition) is 3. The summed E-state index contributed by atoms with van der Waals surface area (Å²) in [6, 6.07) is 15.1. The maximum absolute atomic E-state index is 11.4. The molecule has 1 aliphatic heterocycles. The fraction of sp³-hybridized carbons (Fsp3) is 0.190. The average Bonchev–Trinajstić information content (AvgIpc) is 3.07. The first-order chi connectivity index (χ1) is 12.6. The van der Waals surface area contributed by atoms with Crippen molar-refractivity contribution in [1.82, 2.24) is 9.55 Å². The number of aromatic carboxylic acids is 1. The highest BCUT2D eigenvalue weighted by Crippen LogP contribution is 2.24. The van der Waals surface area contributed by atoms with Crippen molar-refractivity contribution in [3.05, 3.63) is 76.8 Å². The molecule has 130 valence electrons. The number of imidazole rings is 1. The zero-order valence-electron chi connectivity index (χ0n) is 14.5. The maximum Gasteiger partial charge on any atom is 0.336 e. The van der Waals surface area contributed by atoms with Gasteiger partial charge in [-0.2, -0.15) is 0 Å². The van der Waals surface area contributed by atoms with Crippen LogP contribution < -0.4 is 10.8 Å². The topological polar surface area (TPSA) is 67.5 Å². The molecule has 1 aromatic heterocycles. The second kappa shape index (κ2) is 6.59. The number of aromatic nitrogens is 2. The van der Waals surface area contributed by atoms with E-state index in [2.05, 4.69) is 21.5 Å². The maximum atomic E-state index is 11.4. The molecule has 0 saturated heterocycles. The van der Waals surface area contributed by atoms with Crippen molar-refractivity contribution in [1.29, 1.82) is 0 Å². The molecule has 1 aliphatic rings. The first kappa shape index (κ1) is 16.3. The third-order valence-electron chi connectivity index (χ3n) is 4.74. The van der Waals surface area contributed by atoms with E-state index in [4.69, 9.17) is 0 Å². The van der Waals surface area contributed by atoms with E-state index in [1.165, 1.54) is 5.57 Å². The van der Waals surface area contributed by atoms with E-state index in [0.29, 0.717) is 12.1 Å². The van der Waals surface area contributed by atoms with E-state index in [1.54, 1.807) is 12.1 Å². The van der Waals surface area contributed by atoms with E-state index in [9.17, 15) is 9.90 Å². The number of nitrogens with zero attached hydrogens (tertiary/aromatic N) is 3. The average molecular weight is 345 g/mol. The van der Waals surface area contributed by atoms with E-state index in [-0.39, 0.29) is 0 Å². The van der Waals surface area contributed by atoms with Gasteiger partial charge in [0.2, 0.25) is 0 Å². The second-order valence-electron chi connectivity index (χ2n) is 6.50. The Balaban J connectivity index is 1.65. The van der Waals surface area contributed by atoms with Gasteiger partial charge in [-0.3, -0.25) is 4.99 Å². The SMILES string of the molecule is CC1=c2ncn(Cc3ccc(-c4ccccc4C(=O)O)cc3)c2=NCC1. The molecule has 0 saturated carbocycles. The summed E-state index contributed by atoms with van der Waals surface area (Å²) in [5.41, 5.74) is 5.30. The van der Waals surface area contributed by atoms with Crippen LogP contribution in [0.2, 0.25) is 0 Å². The minimum atomic E-state index is -0.914. The number of carbonyl (C=O) groups is 1. The lowest BCUT2D eigenvalue weighted by Crippen LogP contribution is -2.35. The van der Waals surface area contributed by atoms with Gasteiger partial charge < -0.3 is 9.67 Å². The third-order valence-corrected chi connectivity index (χ3v) is 4.74. The van der Waals surface area contributed by atoms with Crippen LogP contribution in [0, 0.1) is 0 Å². The fourth-order valence-corrected chi connectivity index (χ4v) is 3.31. The molecule has 0 fully saturated rings.